The van der Waals surface area contributed by atoms with Crippen LogP contribution < -0.4 is 0 Å². The molecule has 2 nitrogen and oxygen atoms in total. The van der Waals surface area contributed by atoms with Gasteiger partial charge in [-0.15, -0.1) is 0 Å². The third-order valence-electron chi connectivity index (χ3n) is 2.86. The summed E-state index contributed by atoms with van der Waals surface area (Å²) >= 11 is 5.88. The van der Waals surface area contributed by atoms with Crippen molar-refractivity contribution in [2.24, 2.45) is 0 Å². The summed E-state index contributed by atoms with van der Waals surface area (Å²) in [6.07, 6.45) is 2.09. The van der Waals surface area contributed by atoms with Crippen LogP contribution in [0.3, 0.4) is 0 Å². The summed E-state index contributed by atoms with van der Waals surface area (Å²) in [5, 5.41) is 10.7. The molecule has 0 saturated heterocycles. The van der Waals surface area contributed by atoms with E-state index in [1.165, 1.54) is 12.8 Å². The van der Waals surface area contributed by atoms with Crippen molar-refractivity contribution in [3.63, 3.8) is 0 Å². The van der Waals surface area contributed by atoms with Crippen molar-refractivity contribution in [3.8, 4) is 0 Å². The van der Waals surface area contributed by atoms with Gasteiger partial charge in [0.1, 0.15) is 0 Å². The van der Waals surface area contributed by atoms with Gasteiger partial charge in [-0.3, -0.25) is 0 Å². The zero-order valence-electron chi connectivity index (χ0n) is 8.86. The first-order chi connectivity index (χ1) is 7.16. The van der Waals surface area contributed by atoms with E-state index in [0.717, 1.165) is 5.56 Å². The van der Waals surface area contributed by atoms with E-state index < -0.39 is 6.10 Å². The number of benzene rings is 1. The van der Waals surface area contributed by atoms with Crippen LogP contribution in [0, 0.1) is 0 Å². The van der Waals surface area contributed by atoms with Crippen LogP contribution in [0.25, 0.3) is 0 Å². The van der Waals surface area contributed by atoms with Gasteiger partial charge in [0.2, 0.25) is 0 Å². The molecule has 3 heteroatoms. The minimum absolute atomic E-state index is 0.436. The van der Waals surface area contributed by atoms with Crippen LogP contribution in [0.1, 0.15) is 24.5 Å². The Morgan fingerprint density at radius 1 is 1.53 bits per heavy atom. The lowest BCUT2D eigenvalue weighted by Gasteiger charge is -2.20. The monoisotopic (exact) mass is 225 g/mol. The highest BCUT2D eigenvalue weighted by molar-refractivity contribution is 6.30. The van der Waals surface area contributed by atoms with Crippen molar-refractivity contribution in [3.05, 3.63) is 34.9 Å². The third-order valence-corrected chi connectivity index (χ3v) is 3.10. The van der Waals surface area contributed by atoms with Crippen molar-refractivity contribution < 1.29 is 5.11 Å². The fourth-order valence-corrected chi connectivity index (χ4v) is 1.96. The maximum Gasteiger partial charge on any atom is 0.0917 e. The van der Waals surface area contributed by atoms with Crippen molar-refractivity contribution >= 4 is 11.6 Å². The molecule has 0 bridgehead atoms. The molecule has 1 aliphatic rings. The molecule has 0 heterocycles. The molecular formula is C12H16ClNO. The van der Waals surface area contributed by atoms with Gasteiger partial charge in [-0.05, 0) is 37.6 Å². The predicted molar refractivity (Wildman–Crippen MR) is 62.1 cm³/mol. The first-order valence-corrected chi connectivity index (χ1v) is 5.68. The molecule has 0 amide bonds. The Kier molecular flexibility index (Phi) is 3.29. The Bertz CT molecular complexity index is 338. The van der Waals surface area contributed by atoms with Gasteiger partial charge in [-0.1, -0.05) is 23.7 Å². The van der Waals surface area contributed by atoms with Gasteiger partial charge in [0.05, 0.1) is 6.10 Å². The number of halogens is 1. The van der Waals surface area contributed by atoms with E-state index in [-0.39, 0.29) is 0 Å². The quantitative estimate of drug-likeness (QED) is 0.851. The van der Waals surface area contributed by atoms with E-state index in [2.05, 4.69) is 11.9 Å². The molecule has 1 fully saturated rings. The second-order valence-corrected chi connectivity index (χ2v) is 4.68. The molecule has 1 N–H and O–H groups in total. The number of hydrogen-bond acceptors (Lipinski definition) is 2. The van der Waals surface area contributed by atoms with E-state index in [0.29, 0.717) is 17.6 Å². The van der Waals surface area contributed by atoms with Crippen LogP contribution in [0.2, 0.25) is 5.02 Å². The topological polar surface area (TPSA) is 23.5 Å². The Balaban J connectivity index is 1.97. The summed E-state index contributed by atoms with van der Waals surface area (Å²) in [6.45, 7) is 0.686. The highest BCUT2D eigenvalue weighted by Gasteiger charge is 2.27. The Hall–Kier alpha value is -0.570. The lowest BCUT2D eigenvalue weighted by Crippen LogP contribution is -2.26. The number of rotatable bonds is 4. The van der Waals surface area contributed by atoms with Crippen LogP contribution in [-0.4, -0.2) is 29.6 Å². The molecule has 1 aliphatic carbocycles. The zero-order valence-corrected chi connectivity index (χ0v) is 9.61. The molecule has 15 heavy (non-hydrogen) atoms. The summed E-state index contributed by atoms with van der Waals surface area (Å²) < 4.78 is 0. The number of aliphatic hydroxyl groups excluding tert-OH is 1. The largest absolute Gasteiger partial charge is 0.387 e. The van der Waals surface area contributed by atoms with E-state index >= 15 is 0 Å². The van der Waals surface area contributed by atoms with E-state index in [1.54, 1.807) is 0 Å². The Labute approximate surface area is 95.5 Å². The van der Waals surface area contributed by atoms with Crippen LogP contribution >= 0.6 is 11.6 Å². The fourth-order valence-electron chi connectivity index (χ4n) is 1.76. The molecule has 1 saturated carbocycles. The maximum absolute atomic E-state index is 9.99. The summed E-state index contributed by atoms with van der Waals surface area (Å²) in [7, 11) is 2.06. The standard InChI is InChI=1S/C12H16ClNO/c1-14(11-5-6-11)8-12(15)9-3-2-4-10(13)7-9/h2-4,7,11-12,15H,5-6,8H2,1H3. The summed E-state index contributed by atoms with van der Waals surface area (Å²) in [6, 6.07) is 8.11. The highest BCUT2D eigenvalue weighted by Crippen LogP contribution is 2.27. The third kappa shape index (κ3) is 2.94. The molecule has 0 spiro atoms. The van der Waals surface area contributed by atoms with Crippen LogP contribution in [-0.2, 0) is 0 Å². The van der Waals surface area contributed by atoms with Crippen molar-refractivity contribution in [2.45, 2.75) is 25.0 Å². The lowest BCUT2D eigenvalue weighted by atomic mass is 10.1. The Morgan fingerprint density at radius 3 is 2.87 bits per heavy atom. The van der Waals surface area contributed by atoms with Crippen molar-refractivity contribution in [1.82, 2.24) is 4.90 Å². The minimum Gasteiger partial charge on any atom is -0.387 e. The zero-order chi connectivity index (χ0) is 10.8. The molecule has 82 valence electrons. The molecule has 1 aromatic rings. The number of hydrogen-bond donors (Lipinski definition) is 1. The van der Waals surface area contributed by atoms with Gasteiger partial charge >= 0.3 is 0 Å². The van der Waals surface area contributed by atoms with Crippen molar-refractivity contribution in [1.29, 1.82) is 0 Å². The maximum atomic E-state index is 9.99. The molecule has 1 atom stereocenters. The van der Waals surface area contributed by atoms with Gasteiger partial charge in [-0.25, -0.2) is 0 Å². The van der Waals surface area contributed by atoms with Gasteiger partial charge in [0, 0.05) is 17.6 Å². The van der Waals surface area contributed by atoms with Gasteiger partial charge in [0.15, 0.2) is 0 Å². The SMILES string of the molecule is CN(CC(O)c1cccc(Cl)c1)C1CC1. The van der Waals surface area contributed by atoms with Crippen LogP contribution in [0.4, 0.5) is 0 Å². The van der Waals surface area contributed by atoms with Crippen LogP contribution in [0.5, 0.6) is 0 Å². The first kappa shape index (κ1) is 10.9. The molecule has 0 aromatic heterocycles. The number of aliphatic hydroxyl groups is 1. The van der Waals surface area contributed by atoms with E-state index in [9.17, 15) is 5.11 Å². The average molecular weight is 226 g/mol. The normalized spacial score (nSPS) is 18.1. The van der Waals surface area contributed by atoms with E-state index in [4.69, 9.17) is 11.6 Å². The summed E-state index contributed by atoms with van der Waals surface area (Å²) in [5.74, 6) is 0. The minimum atomic E-state index is -0.436. The smallest absolute Gasteiger partial charge is 0.0917 e. The Morgan fingerprint density at radius 2 is 2.27 bits per heavy atom. The average Bonchev–Trinajstić information content (AvgIpc) is 3.00. The van der Waals surface area contributed by atoms with Gasteiger partial charge < -0.3 is 10.0 Å². The lowest BCUT2D eigenvalue weighted by molar-refractivity contribution is 0.123. The highest BCUT2D eigenvalue weighted by atomic mass is 35.5. The molecule has 0 aliphatic heterocycles. The first-order valence-electron chi connectivity index (χ1n) is 5.30. The predicted octanol–water partition coefficient (Wildman–Crippen LogP) is 2.47. The molecule has 1 aromatic carbocycles. The molecular weight excluding hydrogens is 210 g/mol. The second kappa shape index (κ2) is 4.52. The van der Waals surface area contributed by atoms with E-state index in [1.807, 2.05) is 24.3 Å². The fraction of sp³-hybridized carbons (Fsp3) is 0.500. The van der Waals surface area contributed by atoms with Gasteiger partial charge in [0.25, 0.3) is 0 Å². The number of likely N-dealkylation sites (N-methyl/N-ethyl adjacent to an activating group) is 1. The molecule has 2 rings (SSSR count). The second-order valence-electron chi connectivity index (χ2n) is 4.24. The summed E-state index contributed by atoms with van der Waals surface area (Å²) in [5.41, 5.74) is 0.898. The molecule has 1 unspecified atom stereocenters. The van der Waals surface area contributed by atoms with Crippen LogP contribution in [0.15, 0.2) is 24.3 Å². The summed E-state index contributed by atoms with van der Waals surface area (Å²) in [4.78, 5) is 2.21. The van der Waals surface area contributed by atoms with Gasteiger partial charge in [-0.2, -0.15) is 0 Å². The number of nitrogens with zero attached hydrogens (tertiary/aromatic N) is 1. The molecule has 0 radical (unpaired) electrons. The van der Waals surface area contributed by atoms with Crippen molar-refractivity contribution in [2.75, 3.05) is 13.6 Å².